The Balaban J connectivity index is 1.53. The predicted molar refractivity (Wildman–Crippen MR) is 170 cm³/mol. The summed E-state index contributed by atoms with van der Waals surface area (Å²) >= 11 is 0. The van der Waals surface area contributed by atoms with E-state index in [1.165, 1.54) is 0 Å². The summed E-state index contributed by atoms with van der Waals surface area (Å²) in [6, 6.07) is 24.8. The molecule has 3 amide bonds. The molecular weight excluding hydrogens is 604 g/mol. The summed E-state index contributed by atoms with van der Waals surface area (Å²) in [5.74, 6) is -1.67. The maximum atomic E-state index is 12.9. The van der Waals surface area contributed by atoms with Gasteiger partial charge >= 0.3 is 5.97 Å². The summed E-state index contributed by atoms with van der Waals surface area (Å²) in [6.07, 6.45) is -0.977. The minimum Gasteiger partial charge on any atom is -0.497 e. The Kier molecular flexibility index (Phi) is 10.4. The third-order valence-corrected chi connectivity index (χ3v) is 8.45. The molecular formula is C36H38N2O9. The molecule has 1 fully saturated rings. The van der Waals surface area contributed by atoms with Gasteiger partial charge in [-0.2, -0.15) is 0 Å². The Morgan fingerprint density at radius 2 is 1.45 bits per heavy atom. The number of nitrogens with one attached hydrogen (secondary N) is 1. The van der Waals surface area contributed by atoms with Crippen LogP contribution in [0.5, 0.6) is 11.5 Å². The van der Waals surface area contributed by atoms with Gasteiger partial charge in [0.1, 0.15) is 29.3 Å². The lowest BCUT2D eigenvalue weighted by atomic mass is 9.80. The van der Waals surface area contributed by atoms with E-state index in [-0.39, 0.29) is 25.9 Å². The second-order valence-electron chi connectivity index (χ2n) is 11.5. The lowest BCUT2D eigenvalue weighted by molar-refractivity contribution is -0.156. The van der Waals surface area contributed by atoms with Gasteiger partial charge in [0.05, 0.1) is 39.3 Å². The van der Waals surface area contributed by atoms with E-state index in [1.54, 1.807) is 27.2 Å². The fourth-order valence-corrected chi connectivity index (χ4v) is 5.98. The van der Waals surface area contributed by atoms with Crippen molar-refractivity contribution in [1.82, 2.24) is 5.32 Å². The summed E-state index contributed by atoms with van der Waals surface area (Å²) in [6.45, 7) is 1.55. The summed E-state index contributed by atoms with van der Waals surface area (Å²) in [4.78, 5) is 49.1. The number of ether oxygens (including phenoxy) is 5. The number of hydrogen-bond acceptors (Lipinski definition) is 9. The first-order valence-electron chi connectivity index (χ1n) is 15.3. The largest absolute Gasteiger partial charge is 0.497 e. The molecule has 3 aromatic rings. The fourth-order valence-electron chi connectivity index (χ4n) is 5.98. The summed E-state index contributed by atoms with van der Waals surface area (Å²) in [5.41, 5.74) is 6.87. The molecule has 2 aliphatic rings. The van der Waals surface area contributed by atoms with Crippen molar-refractivity contribution in [3.8, 4) is 11.5 Å². The van der Waals surface area contributed by atoms with Crippen LogP contribution in [0.15, 0.2) is 90.5 Å². The van der Waals surface area contributed by atoms with E-state index in [2.05, 4.69) is 5.32 Å². The molecule has 0 saturated carbocycles. The highest BCUT2D eigenvalue weighted by Crippen LogP contribution is 2.43. The smallest absolute Gasteiger partial charge is 0.306 e. The van der Waals surface area contributed by atoms with E-state index in [4.69, 9.17) is 29.4 Å². The molecule has 246 valence electrons. The number of imide groups is 1. The maximum Gasteiger partial charge on any atom is 0.306 e. The third kappa shape index (κ3) is 7.37. The van der Waals surface area contributed by atoms with Crippen molar-refractivity contribution in [2.24, 2.45) is 11.7 Å². The Bertz CT molecular complexity index is 1570. The predicted octanol–water partition coefficient (Wildman–Crippen LogP) is 3.57. The Morgan fingerprint density at radius 1 is 0.872 bits per heavy atom. The number of primary amides is 1. The number of methoxy groups -OCH3 is 2. The van der Waals surface area contributed by atoms with Crippen molar-refractivity contribution in [3.63, 3.8) is 0 Å². The zero-order valence-electron chi connectivity index (χ0n) is 26.5. The molecule has 5 rings (SSSR count). The van der Waals surface area contributed by atoms with Gasteiger partial charge in [0.15, 0.2) is 0 Å². The van der Waals surface area contributed by atoms with E-state index in [0.717, 1.165) is 16.7 Å². The zero-order chi connectivity index (χ0) is 33.6. The SMILES string of the molecule is COc1ccc(C(OC[C@H]2O[C@@H](C3C=C(C)C(=O)NC3=O)C[C@@H]2OC(=O)CCC(N)=O)(c2ccccc2)c2ccc(OC)cc2)cc1. The molecule has 1 saturated heterocycles. The van der Waals surface area contributed by atoms with Gasteiger partial charge in [-0.15, -0.1) is 0 Å². The molecule has 0 radical (unpaired) electrons. The van der Waals surface area contributed by atoms with Crippen molar-refractivity contribution in [2.75, 3.05) is 20.8 Å². The van der Waals surface area contributed by atoms with Gasteiger partial charge in [-0.25, -0.2) is 0 Å². The zero-order valence-corrected chi connectivity index (χ0v) is 26.5. The standard InChI is InChI=1S/C36H38N2O9/c1-22-19-28(35(42)38-34(22)41)29-20-30(47-33(40)18-17-32(37)39)31(46-29)21-45-36(23-7-5-4-6-8-23,24-9-13-26(43-2)14-10-24)25-11-15-27(44-3)16-12-25/h4-16,19,28-31H,17-18,20-21H2,1-3H3,(H2,37,39)(H,38,41,42)/t28?,29-,30+,31-/m1/s1. The first-order valence-corrected chi connectivity index (χ1v) is 15.3. The molecule has 3 N–H and O–H groups in total. The number of carbonyl (C=O) groups is 4. The Hall–Kier alpha value is -5.00. The molecule has 2 aliphatic heterocycles. The number of nitrogens with two attached hydrogens (primary N) is 1. The van der Waals surface area contributed by atoms with E-state index in [0.29, 0.717) is 17.1 Å². The quantitative estimate of drug-likeness (QED) is 0.162. The van der Waals surface area contributed by atoms with Crippen LogP contribution in [0.4, 0.5) is 0 Å². The van der Waals surface area contributed by atoms with Gasteiger partial charge in [0.2, 0.25) is 11.8 Å². The van der Waals surface area contributed by atoms with Crippen LogP contribution in [0.1, 0.15) is 42.9 Å². The number of carbonyl (C=O) groups excluding carboxylic acids is 4. The van der Waals surface area contributed by atoms with Crippen LogP contribution in [-0.4, -0.2) is 62.8 Å². The topological polar surface area (TPSA) is 152 Å². The molecule has 0 aliphatic carbocycles. The van der Waals surface area contributed by atoms with Crippen LogP contribution >= 0.6 is 0 Å². The third-order valence-electron chi connectivity index (χ3n) is 8.45. The highest BCUT2D eigenvalue weighted by atomic mass is 16.6. The lowest BCUT2D eigenvalue weighted by Crippen LogP contribution is -2.44. The van der Waals surface area contributed by atoms with Crippen LogP contribution in [0, 0.1) is 5.92 Å². The molecule has 11 heteroatoms. The molecule has 0 spiro atoms. The van der Waals surface area contributed by atoms with Gasteiger partial charge in [-0.05, 0) is 47.9 Å². The second kappa shape index (κ2) is 14.6. The van der Waals surface area contributed by atoms with E-state index in [9.17, 15) is 19.2 Å². The number of amides is 3. The van der Waals surface area contributed by atoms with Crippen LogP contribution in [0.3, 0.4) is 0 Å². The van der Waals surface area contributed by atoms with E-state index in [1.807, 2.05) is 78.9 Å². The summed E-state index contributed by atoms with van der Waals surface area (Å²) in [7, 11) is 3.19. The molecule has 0 aromatic heterocycles. The van der Waals surface area contributed by atoms with E-state index >= 15 is 0 Å². The molecule has 11 nitrogen and oxygen atoms in total. The van der Waals surface area contributed by atoms with Crippen molar-refractivity contribution < 1.29 is 42.9 Å². The number of benzene rings is 3. The average Bonchev–Trinajstić information content (AvgIpc) is 3.48. The van der Waals surface area contributed by atoms with Crippen molar-refractivity contribution in [3.05, 3.63) is 107 Å². The van der Waals surface area contributed by atoms with E-state index < -0.39 is 53.5 Å². The molecule has 1 unspecified atom stereocenters. The minimum absolute atomic E-state index is 0.0623. The maximum absolute atomic E-state index is 12.9. The first-order chi connectivity index (χ1) is 22.6. The molecule has 47 heavy (non-hydrogen) atoms. The van der Waals surface area contributed by atoms with Crippen molar-refractivity contribution in [2.45, 2.75) is 50.1 Å². The van der Waals surface area contributed by atoms with Gasteiger partial charge in [-0.1, -0.05) is 60.7 Å². The molecule has 0 bridgehead atoms. The number of rotatable bonds is 13. The van der Waals surface area contributed by atoms with Crippen LogP contribution < -0.4 is 20.5 Å². The van der Waals surface area contributed by atoms with Gasteiger partial charge < -0.3 is 29.4 Å². The minimum atomic E-state index is -1.17. The van der Waals surface area contributed by atoms with Crippen molar-refractivity contribution in [1.29, 1.82) is 0 Å². The normalized spacial score (nSPS) is 21.0. The van der Waals surface area contributed by atoms with Crippen LogP contribution in [-0.2, 0) is 39.0 Å². The molecule has 4 atom stereocenters. The highest BCUT2D eigenvalue weighted by molar-refractivity contribution is 6.08. The number of esters is 1. The number of hydrogen-bond donors (Lipinski definition) is 2. The van der Waals surface area contributed by atoms with Crippen LogP contribution in [0.25, 0.3) is 0 Å². The van der Waals surface area contributed by atoms with Gasteiger partial charge in [0, 0.05) is 18.4 Å². The Morgan fingerprint density at radius 3 is 2.00 bits per heavy atom. The first kappa shape index (κ1) is 33.4. The fraction of sp³-hybridized carbons (Fsp3) is 0.333. The van der Waals surface area contributed by atoms with Crippen molar-refractivity contribution >= 4 is 23.7 Å². The van der Waals surface area contributed by atoms with Gasteiger partial charge in [0.25, 0.3) is 5.91 Å². The Labute approximate surface area is 273 Å². The summed E-state index contributed by atoms with van der Waals surface area (Å²) < 4.78 is 30.1. The molecule has 2 heterocycles. The second-order valence-corrected chi connectivity index (χ2v) is 11.5. The average molecular weight is 643 g/mol. The monoisotopic (exact) mass is 642 g/mol. The van der Waals surface area contributed by atoms with Gasteiger partial charge in [-0.3, -0.25) is 24.5 Å². The summed E-state index contributed by atoms with van der Waals surface area (Å²) in [5, 5.41) is 2.36. The van der Waals surface area contributed by atoms with Crippen LogP contribution in [0.2, 0.25) is 0 Å². The highest BCUT2D eigenvalue weighted by Gasteiger charge is 2.46. The molecule has 3 aromatic carbocycles. The lowest BCUT2D eigenvalue weighted by Gasteiger charge is -2.37.